The molecule has 0 spiro atoms. The Kier molecular flexibility index (Phi) is 10.6. The number of imide groups is 1. The normalized spacial score (nSPS) is 21.6. The lowest BCUT2D eigenvalue weighted by atomic mass is 9.86. The fourth-order valence-electron chi connectivity index (χ4n) is 8.30. The van der Waals surface area contributed by atoms with Crippen LogP contribution in [-0.2, 0) is 22.3 Å². The van der Waals surface area contributed by atoms with Crippen molar-refractivity contribution in [3.63, 3.8) is 0 Å². The summed E-state index contributed by atoms with van der Waals surface area (Å²) in [6, 6.07) is 18.8. The summed E-state index contributed by atoms with van der Waals surface area (Å²) in [4.78, 5) is 47.2. The van der Waals surface area contributed by atoms with E-state index in [1.807, 2.05) is 34.9 Å². The maximum atomic E-state index is 13.4. The molecule has 53 heavy (non-hydrogen) atoms. The number of hydrogen-bond donors (Lipinski definition) is 3. The standard InChI is InChI=1S/C40H45F3N6O4/c1-47(23-27-5-2-3-8-32(27)33-14-16-36(51)45-38(33)53)29-17-19-48(20-18-29)31-13-15-34-35(22-31)49(30-11-9-25(24-50)10-12-30)39(44-34)46-37(52)26-6-4-7-28(21-26)40(41,42)43/h2-8,13,15,21-22,25,29-30,33,50H,9-12,14,16-20,23-24H2,1H3,(H,44,46,52)(H,45,51,53). The topological polar surface area (TPSA) is 120 Å². The van der Waals surface area contributed by atoms with E-state index in [1.165, 1.54) is 12.1 Å². The van der Waals surface area contributed by atoms with Crippen molar-refractivity contribution in [3.8, 4) is 0 Å². The average molecular weight is 731 g/mol. The van der Waals surface area contributed by atoms with Crippen LogP contribution in [0.3, 0.4) is 0 Å². The Labute approximate surface area is 306 Å². The summed E-state index contributed by atoms with van der Waals surface area (Å²) in [6.07, 6.45) is 1.33. The van der Waals surface area contributed by atoms with Crippen molar-refractivity contribution in [2.45, 2.75) is 82.1 Å². The molecule has 1 aliphatic carbocycles. The molecule has 1 saturated carbocycles. The van der Waals surface area contributed by atoms with Gasteiger partial charge in [-0.1, -0.05) is 30.3 Å². The van der Waals surface area contributed by atoms with E-state index in [4.69, 9.17) is 4.98 Å². The van der Waals surface area contributed by atoms with Gasteiger partial charge in [-0.25, -0.2) is 4.98 Å². The number of hydrogen-bond acceptors (Lipinski definition) is 7. The molecule has 3 aliphatic rings. The van der Waals surface area contributed by atoms with Crippen molar-refractivity contribution < 1.29 is 32.7 Å². The van der Waals surface area contributed by atoms with Crippen LogP contribution in [0.25, 0.3) is 11.0 Å². The lowest BCUT2D eigenvalue weighted by Crippen LogP contribution is -2.43. The van der Waals surface area contributed by atoms with Crippen LogP contribution < -0.4 is 15.5 Å². The number of imidazole rings is 1. The van der Waals surface area contributed by atoms with Crippen molar-refractivity contribution in [3.05, 3.63) is 89.0 Å². The smallest absolute Gasteiger partial charge is 0.396 e. The van der Waals surface area contributed by atoms with Gasteiger partial charge in [0.15, 0.2) is 0 Å². The summed E-state index contributed by atoms with van der Waals surface area (Å²) in [6.45, 7) is 2.46. The maximum Gasteiger partial charge on any atom is 0.416 e. The van der Waals surface area contributed by atoms with Gasteiger partial charge in [0.2, 0.25) is 17.8 Å². The number of nitrogens with one attached hydrogen (secondary N) is 2. The summed E-state index contributed by atoms with van der Waals surface area (Å²) in [5.74, 6) is -0.937. The molecule has 3 fully saturated rings. The number of alkyl halides is 3. The fraction of sp³-hybridized carbons (Fsp3) is 0.450. The summed E-state index contributed by atoms with van der Waals surface area (Å²) >= 11 is 0. The molecule has 2 saturated heterocycles. The summed E-state index contributed by atoms with van der Waals surface area (Å²) in [7, 11) is 2.12. The number of carbonyl (C=O) groups is 3. The van der Waals surface area contributed by atoms with Crippen LogP contribution in [0.5, 0.6) is 0 Å². The second kappa shape index (κ2) is 15.3. The van der Waals surface area contributed by atoms with E-state index in [0.717, 1.165) is 86.1 Å². The maximum absolute atomic E-state index is 13.4. The van der Waals surface area contributed by atoms with E-state index >= 15 is 0 Å². The summed E-state index contributed by atoms with van der Waals surface area (Å²) in [5.41, 5.74) is 3.63. The number of aliphatic hydroxyl groups excluding tert-OH is 1. The van der Waals surface area contributed by atoms with Crippen LogP contribution in [0.2, 0.25) is 0 Å². The number of aliphatic hydroxyl groups is 1. The van der Waals surface area contributed by atoms with Gasteiger partial charge in [0.05, 0.1) is 22.5 Å². The molecule has 0 radical (unpaired) electrons. The first-order valence-corrected chi connectivity index (χ1v) is 18.5. The Morgan fingerprint density at radius 1 is 0.962 bits per heavy atom. The minimum Gasteiger partial charge on any atom is -0.396 e. The van der Waals surface area contributed by atoms with Gasteiger partial charge in [-0.05, 0) is 105 Å². The van der Waals surface area contributed by atoms with Crippen LogP contribution in [0.15, 0.2) is 66.7 Å². The van der Waals surface area contributed by atoms with E-state index in [1.54, 1.807) is 0 Å². The first-order chi connectivity index (χ1) is 25.5. The molecule has 13 heteroatoms. The third-order valence-corrected chi connectivity index (χ3v) is 11.3. The number of halogens is 3. The third kappa shape index (κ3) is 7.96. The van der Waals surface area contributed by atoms with Gasteiger partial charge < -0.3 is 14.6 Å². The molecule has 280 valence electrons. The number of amides is 3. The molecule has 3 aromatic carbocycles. The van der Waals surface area contributed by atoms with Crippen LogP contribution in [0.1, 0.15) is 90.4 Å². The Morgan fingerprint density at radius 2 is 1.72 bits per heavy atom. The van der Waals surface area contributed by atoms with Crippen molar-refractivity contribution in [2.75, 3.05) is 37.0 Å². The molecule has 1 aromatic heterocycles. The number of anilines is 2. The number of fused-ring (bicyclic) bond motifs is 1. The highest BCUT2D eigenvalue weighted by molar-refractivity contribution is 6.04. The van der Waals surface area contributed by atoms with Gasteiger partial charge in [0, 0.05) is 56.0 Å². The number of aromatic nitrogens is 2. The van der Waals surface area contributed by atoms with Gasteiger partial charge in [-0.15, -0.1) is 0 Å². The monoisotopic (exact) mass is 730 g/mol. The first kappa shape index (κ1) is 36.6. The highest BCUT2D eigenvalue weighted by atomic mass is 19.4. The van der Waals surface area contributed by atoms with Crippen LogP contribution >= 0.6 is 0 Å². The molecule has 1 unspecified atom stereocenters. The SMILES string of the molecule is CN(Cc1ccccc1C1CCC(=O)NC1=O)C1CCN(c2ccc3nc(NC(=O)c4cccc(C(F)(F)F)c4)n(C4CCC(CO)CC4)c3c2)CC1. The Morgan fingerprint density at radius 3 is 2.43 bits per heavy atom. The molecule has 4 aromatic rings. The molecular weight excluding hydrogens is 685 g/mol. The van der Waals surface area contributed by atoms with E-state index in [-0.39, 0.29) is 41.9 Å². The lowest BCUT2D eigenvalue weighted by molar-refractivity contribution is -0.138. The second-order valence-corrected chi connectivity index (χ2v) is 14.7. The van der Waals surface area contributed by atoms with Gasteiger partial charge in [-0.2, -0.15) is 13.2 Å². The Balaban J connectivity index is 1.08. The van der Waals surface area contributed by atoms with Crippen LogP contribution in [0, 0.1) is 5.92 Å². The fourth-order valence-corrected chi connectivity index (χ4v) is 8.30. The molecular formula is C40H45F3N6O4. The first-order valence-electron chi connectivity index (χ1n) is 18.5. The van der Waals surface area contributed by atoms with Crippen LogP contribution in [0.4, 0.5) is 24.8 Å². The minimum absolute atomic E-state index is 0.00250. The second-order valence-electron chi connectivity index (χ2n) is 14.7. The molecule has 0 bridgehead atoms. The zero-order chi connectivity index (χ0) is 37.3. The zero-order valence-electron chi connectivity index (χ0n) is 29.7. The van der Waals surface area contributed by atoms with Crippen molar-refractivity contribution in [1.82, 2.24) is 19.8 Å². The minimum atomic E-state index is -4.57. The molecule has 7 rings (SSSR count). The number of rotatable bonds is 9. The van der Waals surface area contributed by atoms with Gasteiger partial charge >= 0.3 is 6.18 Å². The number of benzene rings is 3. The van der Waals surface area contributed by atoms with Crippen LogP contribution in [-0.4, -0.2) is 70.1 Å². The number of nitrogens with zero attached hydrogens (tertiary/aromatic N) is 4. The summed E-state index contributed by atoms with van der Waals surface area (Å²) < 4.78 is 42.3. The molecule has 2 aliphatic heterocycles. The van der Waals surface area contributed by atoms with Gasteiger partial charge in [-0.3, -0.25) is 29.9 Å². The Bertz CT molecular complexity index is 1980. The average Bonchev–Trinajstić information content (AvgIpc) is 3.52. The largest absolute Gasteiger partial charge is 0.416 e. The van der Waals surface area contributed by atoms with E-state index < -0.39 is 17.6 Å². The molecule has 10 nitrogen and oxygen atoms in total. The number of piperidine rings is 2. The highest BCUT2D eigenvalue weighted by Gasteiger charge is 2.33. The van der Waals surface area contributed by atoms with Crippen molar-refractivity contribution in [1.29, 1.82) is 0 Å². The predicted molar refractivity (Wildman–Crippen MR) is 195 cm³/mol. The van der Waals surface area contributed by atoms with Gasteiger partial charge in [0.1, 0.15) is 0 Å². The molecule has 1 atom stereocenters. The molecule has 3 heterocycles. The third-order valence-electron chi connectivity index (χ3n) is 11.3. The molecule has 3 amide bonds. The van der Waals surface area contributed by atoms with E-state index in [9.17, 15) is 32.7 Å². The van der Waals surface area contributed by atoms with E-state index in [2.05, 4.69) is 39.6 Å². The highest BCUT2D eigenvalue weighted by Crippen LogP contribution is 2.38. The Hall–Kier alpha value is -4.75. The van der Waals surface area contributed by atoms with Crippen molar-refractivity contribution in [2.24, 2.45) is 5.92 Å². The van der Waals surface area contributed by atoms with E-state index in [0.29, 0.717) is 36.9 Å². The predicted octanol–water partition coefficient (Wildman–Crippen LogP) is 6.65. The zero-order valence-corrected chi connectivity index (χ0v) is 29.7. The quantitative estimate of drug-likeness (QED) is 0.165. The lowest BCUT2D eigenvalue weighted by Gasteiger charge is -2.38. The number of carbonyl (C=O) groups excluding carboxylic acids is 3. The van der Waals surface area contributed by atoms with Gasteiger partial charge in [0.25, 0.3) is 5.91 Å². The molecule has 3 N–H and O–H groups in total. The summed E-state index contributed by atoms with van der Waals surface area (Å²) in [5, 5.41) is 15.1. The van der Waals surface area contributed by atoms with Crippen molar-refractivity contribution >= 4 is 40.4 Å².